The largest absolute Gasteiger partial charge is 0.483 e. The molecule has 9 heteroatoms. The number of halogens is 1. The number of para-hydroxylation sites is 1. The lowest BCUT2D eigenvalue weighted by Gasteiger charge is -2.34. The summed E-state index contributed by atoms with van der Waals surface area (Å²) >= 11 is 5.88. The molecule has 0 saturated carbocycles. The van der Waals surface area contributed by atoms with Crippen LogP contribution in [0.1, 0.15) is 22.8 Å². The highest BCUT2D eigenvalue weighted by atomic mass is 35.5. The van der Waals surface area contributed by atoms with Crippen LogP contribution in [0.15, 0.2) is 42.5 Å². The Hall–Kier alpha value is -3.10. The summed E-state index contributed by atoms with van der Waals surface area (Å²) in [5.41, 5.74) is 7.40. The molecule has 2 aromatic carbocycles. The second kappa shape index (κ2) is 11.0. The maximum absolute atomic E-state index is 12.5. The van der Waals surface area contributed by atoms with Gasteiger partial charge in [-0.15, -0.1) is 0 Å². The number of primary amides is 1. The van der Waals surface area contributed by atoms with Gasteiger partial charge in [-0.1, -0.05) is 36.7 Å². The van der Waals surface area contributed by atoms with Gasteiger partial charge in [-0.2, -0.15) is 0 Å². The van der Waals surface area contributed by atoms with Gasteiger partial charge < -0.3 is 20.7 Å². The van der Waals surface area contributed by atoms with Crippen molar-refractivity contribution in [3.8, 4) is 5.75 Å². The van der Waals surface area contributed by atoms with E-state index in [1.165, 1.54) is 12.1 Å². The van der Waals surface area contributed by atoms with Gasteiger partial charge in [0.2, 0.25) is 5.91 Å². The molecule has 1 fully saturated rings. The van der Waals surface area contributed by atoms with Gasteiger partial charge in [0.25, 0.3) is 11.8 Å². The van der Waals surface area contributed by atoms with Crippen LogP contribution in [0.25, 0.3) is 0 Å². The molecule has 0 unspecified atom stereocenters. The number of hydrogen-bond donors (Lipinski definition) is 2. The van der Waals surface area contributed by atoms with Gasteiger partial charge in [0.1, 0.15) is 5.75 Å². The lowest BCUT2D eigenvalue weighted by Crippen LogP contribution is -2.51. The van der Waals surface area contributed by atoms with Gasteiger partial charge >= 0.3 is 0 Å². The number of aryl methyl sites for hydroxylation is 1. The number of ether oxygens (including phenoxy) is 1. The molecule has 1 heterocycles. The van der Waals surface area contributed by atoms with E-state index in [1.807, 2.05) is 36.1 Å². The van der Waals surface area contributed by atoms with E-state index in [0.717, 1.165) is 17.7 Å². The van der Waals surface area contributed by atoms with Crippen LogP contribution < -0.4 is 15.8 Å². The zero-order valence-electron chi connectivity index (χ0n) is 18.0. The van der Waals surface area contributed by atoms with E-state index in [9.17, 15) is 14.4 Å². The first-order valence-corrected chi connectivity index (χ1v) is 10.8. The van der Waals surface area contributed by atoms with E-state index in [4.69, 9.17) is 22.1 Å². The predicted molar refractivity (Wildman–Crippen MR) is 123 cm³/mol. The summed E-state index contributed by atoms with van der Waals surface area (Å²) in [5, 5.41) is 3.33. The highest BCUT2D eigenvalue weighted by Crippen LogP contribution is 2.22. The van der Waals surface area contributed by atoms with Crippen LogP contribution >= 0.6 is 11.6 Å². The standard InChI is InChI=1S/C23H27ClN4O4/c1-2-16-5-3-4-6-19(16)26-21(29)14-27-9-11-28(12-10-27)22(30)15-32-20-8-7-17(24)13-18(20)23(25)31/h3-8,13H,2,9-12,14-15H2,1H3,(H2,25,31)(H,26,29). The third-order valence-electron chi connectivity index (χ3n) is 5.32. The fraction of sp³-hybridized carbons (Fsp3) is 0.348. The zero-order chi connectivity index (χ0) is 23.1. The normalized spacial score (nSPS) is 14.1. The lowest BCUT2D eigenvalue weighted by atomic mass is 10.1. The zero-order valence-corrected chi connectivity index (χ0v) is 18.7. The van der Waals surface area contributed by atoms with Gasteiger partial charge in [-0.25, -0.2) is 0 Å². The van der Waals surface area contributed by atoms with Crippen molar-refractivity contribution in [2.45, 2.75) is 13.3 Å². The van der Waals surface area contributed by atoms with E-state index in [0.29, 0.717) is 31.2 Å². The highest BCUT2D eigenvalue weighted by Gasteiger charge is 2.23. The number of benzene rings is 2. The van der Waals surface area contributed by atoms with Crippen molar-refractivity contribution in [2.24, 2.45) is 5.73 Å². The van der Waals surface area contributed by atoms with Crippen LogP contribution in [0.4, 0.5) is 5.69 Å². The Kier molecular flexibility index (Phi) is 8.08. The van der Waals surface area contributed by atoms with E-state index in [2.05, 4.69) is 5.32 Å². The smallest absolute Gasteiger partial charge is 0.260 e. The van der Waals surface area contributed by atoms with Gasteiger partial charge in [-0.3, -0.25) is 19.3 Å². The molecule has 170 valence electrons. The molecule has 3 N–H and O–H groups in total. The van der Waals surface area contributed by atoms with Gasteiger partial charge in [-0.05, 0) is 36.2 Å². The molecule has 0 spiro atoms. The minimum atomic E-state index is -0.677. The first-order valence-electron chi connectivity index (χ1n) is 10.5. The van der Waals surface area contributed by atoms with Crippen LogP contribution in [0, 0.1) is 0 Å². The third-order valence-corrected chi connectivity index (χ3v) is 5.56. The number of nitrogens with two attached hydrogens (primary N) is 1. The molecule has 0 radical (unpaired) electrons. The SMILES string of the molecule is CCc1ccccc1NC(=O)CN1CCN(C(=O)COc2ccc(Cl)cc2C(N)=O)CC1. The minimum Gasteiger partial charge on any atom is -0.483 e. The average molecular weight is 459 g/mol. The number of amides is 3. The molecule has 0 atom stereocenters. The van der Waals surface area contributed by atoms with E-state index >= 15 is 0 Å². The number of rotatable bonds is 8. The van der Waals surface area contributed by atoms with Gasteiger partial charge in [0, 0.05) is 36.9 Å². The number of nitrogens with one attached hydrogen (secondary N) is 1. The van der Waals surface area contributed by atoms with Crippen molar-refractivity contribution in [1.82, 2.24) is 9.80 Å². The van der Waals surface area contributed by atoms with E-state index < -0.39 is 5.91 Å². The number of nitrogens with zero attached hydrogens (tertiary/aromatic N) is 2. The third kappa shape index (κ3) is 6.21. The number of piperazine rings is 1. The Labute approximate surface area is 192 Å². The molecule has 2 aromatic rings. The molecule has 3 rings (SSSR count). The molecule has 0 aliphatic carbocycles. The van der Waals surface area contributed by atoms with Crippen LogP contribution in [0.3, 0.4) is 0 Å². The number of carbonyl (C=O) groups excluding carboxylic acids is 3. The molecule has 0 aromatic heterocycles. The summed E-state index contributed by atoms with van der Waals surface area (Å²) in [5.74, 6) is -0.728. The summed E-state index contributed by atoms with van der Waals surface area (Å²) in [6.07, 6.45) is 0.844. The second-order valence-corrected chi connectivity index (χ2v) is 7.95. The summed E-state index contributed by atoms with van der Waals surface area (Å²) in [6.45, 7) is 4.25. The summed E-state index contributed by atoms with van der Waals surface area (Å²) in [4.78, 5) is 40.2. The molecular formula is C23H27ClN4O4. The quantitative estimate of drug-likeness (QED) is 0.630. The van der Waals surface area contributed by atoms with Crippen molar-refractivity contribution in [1.29, 1.82) is 0 Å². The van der Waals surface area contributed by atoms with Crippen LogP contribution in [-0.4, -0.2) is 66.9 Å². The monoisotopic (exact) mass is 458 g/mol. The van der Waals surface area contributed by atoms with Crippen LogP contribution in [-0.2, 0) is 16.0 Å². The molecule has 1 aliphatic rings. The van der Waals surface area contributed by atoms with E-state index in [1.54, 1.807) is 11.0 Å². The number of carbonyl (C=O) groups is 3. The first kappa shape index (κ1) is 23.6. The van der Waals surface area contributed by atoms with Gasteiger partial charge in [0.05, 0.1) is 12.1 Å². The number of hydrogen-bond acceptors (Lipinski definition) is 5. The maximum Gasteiger partial charge on any atom is 0.260 e. The maximum atomic E-state index is 12.5. The topological polar surface area (TPSA) is 105 Å². The van der Waals surface area contributed by atoms with Crippen LogP contribution in [0.5, 0.6) is 5.75 Å². The van der Waals surface area contributed by atoms with Gasteiger partial charge in [0.15, 0.2) is 6.61 Å². The number of anilines is 1. The Morgan fingerprint density at radius 3 is 2.50 bits per heavy atom. The summed E-state index contributed by atoms with van der Waals surface area (Å²) in [6, 6.07) is 12.2. The highest BCUT2D eigenvalue weighted by molar-refractivity contribution is 6.31. The second-order valence-electron chi connectivity index (χ2n) is 7.51. The molecule has 8 nitrogen and oxygen atoms in total. The Balaban J connectivity index is 1.46. The van der Waals surface area contributed by atoms with E-state index in [-0.39, 0.29) is 36.3 Å². The fourth-order valence-corrected chi connectivity index (χ4v) is 3.72. The molecule has 3 amide bonds. The predicted octanol–water partition coefficient (Wildman–Crippen LogP) is 2.16. The Morgan fingerprint density at radius 2 is 1.81 bits per heavy atom. The average Bonchev–Trinajstić information content (AvgIpc) is 2.78. The first-order chi connectivity index (χ1) is 15.4. The van der Waals surface area contributed by atoms with Crippen LogP contribution in [0.2, 0.25) is 5.02 Å². The van der Waals surface area contributed by atoms with Crippen molar-refractivity contribution in [3.63, 3.8) is 0 Å². The van der Waals surface area contributed by atoms with Crippen molar-refractivity contribution >= 4 is 35.0 Å². The minimum absolute atomic E-state index is 0.0734. The molecular weight excluding hydrogens is 432 g/mol. The summed E-state index contributed by atoms with van der Waals surface area (Å²) in [7, 11) is 0. The van der Waals surface area contributed by atoms with Crippen molar-refractivity contribution in [3.05, 3.63) is 58.6 Å². The lowest BCUT2D eigenvalue weighted by molar-refractivity contribution is -0.135. The molecule has 1 saturated heterocycles. The fourth-order valence-electron chi connectivity index (χ4n) is 3.55. The van der Waals surface area contributed by atoms with Crippen molar-refractivity contribution in [2.75, 3.05) is 44.6 Å². The van der Waals surface area contributed by atoms with Crippen molar-refractivity contribution < 1.29 is 19.1 Å². The summed E-state index contributed by atoms with van der Waals surface area (Å²) < 4.78 is 5.52. The molecule has 32 heavy (non-hydrogen) atoms. The molecule has 1 aliphatic heterocycles. The Bertz CT molecular complexity index is 990. The Morgan fingerprint density at radius 1 is 1.09 bits per heavy atom. The molecule has 0 bridgehead atoms.